The fourth-order valence-corrected chi connectivity index (χ4v) is 6.66. The highest BCUT2D eigenvalue weighted by Gasteiger charge is 2.28. The maximum Gasteiger partial charge on any atom is 0.138 e. The van der Waals surface area contributed by atoms with Gasteiger partial charge < -0.3 is 4.57 Å². The number of rotatable bonds is 5. The molecule has 0 bridgehead atoms. The molecule has 0 amide bonds. The van der Waals surface area contributed by atoms with Crippen molar-refractivity contribution in [2.45, 2.75) is 18.0 Å². The molecule has 1 aliphatic heterocycles. The molecule has 8 rings (SSSR count). The van der Waals surface area contributed by atoms with Gasteiger partial charge in [-0.2, -0.15) is 0 Å². The zero-order valence-corrected chi connectivity index (χ0v) is 24.7. The second-order valence-corrected chi connectivity index (χ2v) is 11.7. The van der Waals surface area contributed by atoms with E-state index in [0.29, 0.717) is 0 Å². The molecular weight excluding hydrogens is 560 g/mol. The van der Waals surface area contributed by atoms with Crippen molar-refractivity contribution in [3.05, 3.63) is 163 Å². The quantitative estimate of drug-likeness (QED) is 0.138. The third-order valence-electron chi connectivity index (χ3n) is 8.55. The maximum absolute atomic E-state index is 6.74. The smallest absolute Gasteiger partial charge is 0.138 e. The Morgan fingerprint density at radius 1 is 0.432 bits per heavy atom. The Morgan fingerprint density at radius 3 is 1.66 bits per heavy atom. The number of hydrogen-bond acceptors (Lipinski definition) is 3. The molecule has 5 heteroatoms. The van der Waals surface area contributed by atoms with Gasteiger partial charge in [-0.25, -0.2) is 0 Å². The van der Waals surface area contributed by atoms with Crippen LogP contribution in [0.3, 0.4) is 0 Å². The summed E-state index contributed by atoms with van der Waals surface area (Å²) in [6.07, 6.45) is -0.260. The van der Waals surface area contributed by atoms with Gasteiger partial charge in [0, 0.05) is 16.5 Å². The molecule has 214 valence electrons. The lowest BCUT2D eigenvalue weighted by Gasteiger charge is -2.37. The lowest BCUT2D eigenvalue weighted by molar-refractivity contribution is 0.246. The van der Waals surface area contributed by atoms with E-state index in [4.69, 9.17) is 11.6 Å². The van der Waals surface area contributed by atoms with Crippen molar-refractivity contribution in [2.24, 2.45) is 0 Å². The Kier molecular flexibility index (Phi) is 6.98. The van der Waals surface area contributed by atoms with Gasteiger partial charge in [0.2, 0.25) is 0 Å². The number of nitrogens with one attached hydrogen (secondary N) is 3. The van der Waals surface area contributed by atoms with Crippen LogP contribution in [-0.4, -0.2) is 10.2 Å². The molecule has 3 atom stereocenters. The van der Waals surface area contributed by atoms with Crippen LogP contribution in [0.2, 0.25) is 0 Å². The second kappa shape index (κ2) is 11.4. The summed E-state index contributed by atoms with van der Waals surface area (Å²) < 4.78 is 2.34. The highest BCUT2D eigenvalue weighted by Crippen LogP contribution is 2.33. The first-order valence-corrected chi connectivity index (χ1v) is 15.4. The average molecular weight is 591 g/mol. The maximum atomic E-state index is 6.74. The number of fused-ring (bicyclic) bond motifs is 3. The van der Waals surface area contributed by atoms with Crippen molar-refractivity contribution in [2.75, 3.05) is 0 Å². The minimum atomic E-state index is -0.398. The highest BCUT2D eigenvalue weighted by molar-refractivity contribution is 6.20. The summed E-state index contributed by atoms with van der Waals surface area (Å²) in [5.41, 5.74) is 10.2. The lowest BCUT2D eigenvalue weighted by Crippen LogP contribution is -2.56. The predicted octanol–water partition coefficient (Wildman–Crippen LogP) is 9.12. The van der Waals surface area contributed by atoms with Crippen LogP contribution < -0.4 is 16.0 Å². The van der Waals surface area contributed by atoms with Crippen LogP contribution in [0.4, 0.5) is 0 Å². The molecule has 0 spiro atoms. The number of para-hydroxylation sites is 2. The minimum Gasteiger partial charge on any atom is -0.309 e. The molecular formula is C39H31ClN4. The molecule has 1 aromatic heterocycles. The zero-order valence-electron chi connectivity index (χ0n) is 24.0. The van der Waals surface area contributed by atoms with Gasteiger partial charge in [-0.15, -0.1) is 0 Å². The van der Waals surface area contributed by atoms with Crippen molar-refractivity contribution in [1.29, 1.82) is 0 Å². The second-order valence-electron chi connectivity index (χ2n) is 11.3. The summed E-state index contributed by atoms with van der Waals surface area (Å²) >= 11 is 6.74. The molecule has 0 aliphatic carbocycles. The molecule has 7 aromatic rings. The molecule has 3 N–H and O–H groups in total. The minimum absolute atomic E-state index is 0.120. The summed E-state index contributed by atoms with van der Waals surface area (Å²) in [4.78, 5) is 0. The van der Waals surface area contributed by atoms with E-state index in [2.05, 4.69) is 166 Å². The van der Waals surface area contributed by atoms with E-state index in [-0.39, 0.29) is 12.3 Å². The van der Waals surface area contributed by atoms with E-state index >= 15 is 0 Å². The third-order valence-corrected chi connectivity index (χ3v) is 8.80. The van der Waals surface area contributed by atoms with Crippen molar-refractivity contribution >= 4 is 33.4 Å². The lowest BCUT2D eigenvalue weighted by atomic mass is 9.98. The van der Waals surface area contributed by atoms with Crippen molar-refractivity contribution in [3.63, 3.8) is 0 Å². The fraction of sp³-hybridized carbons (Fsp3) is 0.0769. The van der Waals surface area contributed by atoms with E-state index in [9.17, 15) is 0 Å². The predicted molar refractivity (Wildman–Crippen MR) is 183 cm³/mol. The van der Waals surface area contributed by atoms with E-state index in [0.717, 1.165) is 16.8 Å². The van der Waals surface area contributed by atoms with Crippen molar-refractivity contribution in [3.8, 4) is 27.9 Å². The Labute approximate surface area is 261 Å². The van der Waals surface area contributed by atoms with Gasteiger partial charge in [-0.05, 0) is 63.7 Å². The summed E-state index contributed by atoms with van der Waals surface area (Å²) in [5.74, 6) is 0. The topological polar surface area (TPSA) is 41.0 Å². The third kappa shape index (κ3) is 4.98. The Balaban J connectivity index is 1.07. The van der Waals surface area contributed by atoms with Crippen LogP contribution in [0.5, 0.6) is 0 Å². The summed E-state index contributed by atoms with van der Waals surface area (Å²) in [5, 5.41) is 13.2. The monoisotopic (exact) mass is 590 g/mol. The van der Waals surface area contributed by atoms with E-state index < -0.39 is 5.62 Å². The first kappa shape index (κ1) is 26.9. The van der Waals surface area contributed by atoms with Crippen molar-refractivity contribution < 1.29 is 0 Å². The largest absolute Gasteiger partial charge is 0.309 e. The highest BCUT2D eigenvalue weighted by atomic mass is 35.5. The molecule has 4 nitrogen and oxygen atoms in total. The first-order chi connectivity index (χ1) is 21.7. The van der Waals surface area contributed by atoms with Gasteiger partial charge in [0.25, 0.3) is 0 Å². The normalized spacial score (nSPS) is 18.5. The van der Waals surface area contributed by atoms with Gasteiger partial charge in [0.05, 0.1) is 23.4 Å². The molecule has 2 heterocycles. The van der Waals surface area contributed by atoms with Crippen LogP contribution in [0.25, 0.3) is 49.7 Å². The molecule has 0 radical (unpaired) electrons. The standard InChI is InChI=1S/C39H31ClN4/c40-39-42-37(28-22-20-27(21-23-28)30-13-8-12-29(24-30)26-10-2-1-3-11-26)41-38(43-39)31-14-9-15-32(25-31)44-35-18-6-4-16-33(35)34-17-5-7-19-36(34)44/h1-25,37-39,41-43H. The summed E-state index contributed by atoms with van der Waals surface area (Å²) in [6.45, 7) is 0. The molecule has 44 heavy (non-hydrogen) atoms. The molecule has 6 aromatic carbocycles. The van der Waals surface area contributed by atoms with Crippen LogP contribution in [0.15, 0.2) is 152 Å². The number of benzene rings is 6. The van der Waals surface area contributed by atoms with Crippen LogP contribution in [-0.2, 0) is 0 Å². The van der Waals surface area contributed by atoms with Crippen LogP contribution in [0, 0.1) is 0 Å². The Bertz CT molecular complexity index is 2030. The van der Waals surface area contributed by atoms with E-state index in [1.165, 1.54) is 44.1 Å². The molecule has 1 fully saturated rings. The molecule has 1 aliphatic rings. The van der Waals surface area contributed by atoms with E-state index in [1.807, 2.05) is 6.07 Å². The Hall–Kier alpha value is -4.71. The van der Waals surface area contributed by atoms with Gasteiger partial charge in [-0.3, -0.25) is 16.0 Å². The van der Waals surface area contributed by atoms with Crippen LogP contribution >= 0.6 is 11.6 Å². The fourth-order valence-electron chi connectivity index (χ4n) is 6.41. The van der Waals surface area contributed by atoms with Crippen LogP contribution in [0.1, 0.15) is 23.5 Å². The number of hydrogen-bond donors (Lipinski definition) is 3. The molecule has 0 saturated carbocycles. The SMILES string of the molecule is ClC1NC(c2ccc(-c3cccc(-c4ccccc4)c3)cc2)NC(c2cccc(-n3c4ccccc4c4ccccc43)c2)N1. The van der Waals surface area contributed by atoms with Gasteiger partial charge in [0.15, 0.2) is 0 Å². The van der Waals surface area contributed by atoms with E-state index in [1.54, 1.807) is 0 Å². The number of nitrogens with zero attached hydrogens (tertiary/aromatic N) is 1. The van der Waals surface area contributed by atoms with Gasteiger partial charge in [-0.1, -0.05) is 133 Å². The average Bonchev–Trinajstić information content (AvgIpc) is 3.43. The zero-order chi connectivity index (χ0) is 29.5. The van der Waals surface area contributed by atoms with Crippen molar-refractivity contribution in [1.82, 2.24) is 20.5 Å². The summed E-state index contributed by atoms with van der Waals surface area (Å²) in [7, 11) is 0. The number of aromatic nitrogens is 1. The molecule has 3 unspecified atom stereocenters. The van der Waals surface area contributed by atoms with Gasteiger partial charge in [0.1, 0.15) is 5.62 Å². The van der Waals surface area contributed by atoms with Gasteiger partial charge >= 0.3 is 0 Å². The Morgan fingerprint density at radius 2 is 0.977 bits per heavy atom. The summed E-state index contributed by atoms with van der Waals surface area (Å²) in [6, 6.07) is 53.8. The number of halogens is 1. The molecule has 1 saturated heterocycles. The first-order valence-electron chi connectivity index (χ1n) is 15.0. The number of alkyl halides is 1.